The van der Waals surface area contributed by atoms with E-state index in [1.165, 1.54) is 19.3 Å². The molecule has 116 valence electrons. The number of hydrogen-bond donors (Lipinski definition) is 1. The smallest absolute Gasteiger partial charge is 0.266 e. The Labute approximate surface area is 129 Å². The third-order valence-electron chi connectivity index (χ3n) is 3.99. The Bertz CT molecular complexity index is 606. The van der Waals surface area contributed by atoms with Crippen molar-refractivity contribution in [3.63, 3.8) is 0 Å². The predicted octanol–water partition coefficient (Wildman–Crippen LogP) is 2.72. The van der Waals surface area contributed by atoms with Crippen LogP contribution < -0.4 is 5.32 Å². The standard InChI is InChI=1S/C16H20N4O2/c21-14(10-12-6-2-1-3-7-12)18-11-15-19-20-16(22-15)13-8-4-5-9-17-13/h4-5,8-9,12H,1-3,6-7,10-11H2,(H,18,21). The van der Waals surface area contributed by atoms with Crippen molar-refractivity contribution >= 4 is 5.91 Å². The van der Waals surface area contributed by atoms with Gasteiger partial charge in [-0.3, -0.25) is 9.78 Å². The minimum atomic E-state index is 0.0597. The molecule has 2 heterocycles. The fourth-order valence-electron chi connectivity index (χ4n) is 2.82. The summed E-state index contributed by atoms with van der Waals surface area (Å²) in [7, 11) is 0. The predicted molar refractivity (Wildman–Crippen MR) is 80.6 cm³/mol. The Kier molecular flexibility index (Phi) is 4.78. The number of carbonyl (C=O) groups excluding carboxylic acids is 1. The maximum atomic E-state index is 11.9. The van der Waals surface area contributed by atoms with Crippen molar-refractivity contribution in [2.75, 3.05) is 0 Å². The molecule has 1 saturated carbocycles. The van der Waals surface area contributed by atoms with Gasteiger partial charge in [0.1, 0.15) is 5.69 Å². The van der Waals surface area contributed by atoms with Crippen LogP contribution in [0.1, 0.15) is 44.4 Å². The molecule has 0 unspecified atom stereocenters. The van der Waals surface area contributed by atoms with Crippen LogP contribution in [-0.4, -0.2) is 21.1 Å². The number of amides is 1. The summed E-state index contributed by atoms with van der Waals surface area (Å²) in [5.74, 6) is 1.36. The van der Waals surface area contributed by atoms with Crippen LogP contribution in [0.3, 0.4) is 0 Å². The third-order valence-corrected chi connectivity index (χ3v) is 3.99. The minimum Gasteiger partial charge on any atom is -0.417 e. The summed E-state index contributed by atoms with van der Waals surface area (Å²) in [4.78, 5) is 16.1. The van der Waals surface area contributed by atoms with Gasteiger partial charge in [-0.25, -0.2) is 0 Å². The molecule has 2 aromatic rings. The summed E-state index contributed by atoms with van der Waals surface area (Å²) < 4.78 is 5.51. The van der Waals surface area contributed by atoms with E-state index in [2.05, 4.69) is 20.5 Å². The molecule has 0 atom stereocenters. The summed E-state index contributed by atoms with van der Waals surface area (Å²) in [5, 5.41) is 10.7. The SMILES string of the molecule is O=C(CC1CCCCC1)NCc1nnc(-c2ccccn2)o1. The van der Waals surface area contributed by atoms with Gasteiger partial charge in [0.15, 0.2) is 0 Å². The molecule has 0 saturated heterocycles. The number of rotatable bonds is 5. The molecule has 22 heavy (non-hydrogen) atoms. The minimum absolute atomic E-state index is 0.0597. The molecule has 1 fully saturated rings. The van der Waals surface area contributed by atoms with E-state index in [-0.39, 0.29) is 12.5 Å². The number of hydrogen-bond acceptors (Lipinski definition) is 5. The molecule has 0 spiro atoms. The second kappa shape index (κ2) is 7.15. The zero-order valence-electron chi connectivity index (χ0n) is 12.5. The zero-order valence-corrected chi connectivity index (χ0v) is 12.5. The summed E-state index contributed by atoms with van der Waals surface area (Å²) in [6.07, 6.45) is 8.39. The first-order valence-corrected chi connectivity index (χ1v) is 7.82. The topological polar surface area (TPSA) is 80.9 Å². The van der Waals surface area contributed by atoms with Crippen molar-refractivity contribution in [1.82, 2.24) is 20.5 Å². The molecule has 1 aliphatic carbocycles. The van der Waals surface area contributed by atoms with Crippen LogP contribution in [0.25, 0.3) is 11.6 Å². The Morgan fingerprint density at radius 3 is 2.86 bits per heavy atom. The Morgan fingerprint density at radius 1 is 1.23 bits per heavy atom. The molecule has 0 aromatic carbocycles. The molecule has 1 N–H and O–H groups in total. The molecule has 2 aromatic heterocycles. The van der Waals surface area contributed by atoms with E-state index < -0.39 is 0 Å². The van der Waals surface area contributed by atoms with Crippen LogP contribution in [0, 0.1) is 5.92 Å². The highest BCUT2D eigenvalue weighted by molar-refractivity contribution is 5.76. The van der Waals surface area contributed by atoms with Crippen molar-refractivity contribution in [2.45, 2.75) is 45.1 Å². The van der Waals surface area contributed by atoms with Gasteiger partial charge in [0.05, 0.1) is 6.54 Å². The molecular formula is C16H20N4O2. The lowest BCUT2D eigenvalue weighted by molar-refractivity contribution is -0.122. The number of aromatic nitrogens is 3. The average molecular weight is 300 g/mol. The van der Waals surface area contributed by atoms with Crippen molar-refractivity contribution in [2.24, 2.45) is 5.92 Å². The third kappa shape index (κ3) is 3.90. The van der Waals surface area contributed by atoms with Crippen LogP contribution in [-0.2, 0) is 11.3 Å². The molecule has 3 rings (SSSR count). The van der Waals surface area contributed by atoms with Crippen molar-refractivity contribution in [3.8, 4) is 11.6 Å². The molecule has 0 bridgehead atoms. The lowest BCUT2D eigenvalue weighted by Crippen LogP contribution is -2.26. The molecule has 6 nitrogen and oxygen atoms in total. The zero-order chi connectivity index (χ0) is 15.2. The maximum absolute atomic E-state index is 11.9. The number of nitrogens with one attached hydrogen (secondary N) is 1. The van der Waals surface area contributed by atoms with E-state index in [9.17, 15) is 4.79 Å². The highest BCUT2D eigenvalue weighted by Crippen LogP contribution is 2.26. The fraction of sp³-hybridized carbons (Fsp3) is 0.500. The van der Waals surface area contributed by atoms with Crippen LogP contribution in [0.5, 0.6) is 0 Å². The van der Waals surface area contributed by atoms with Gasteiger partial charge in [0, 0.05) is 12.6 Å². The van der Waals surface area contributed by atoms with Crippen LogP contribution in [0.4, 0.5) is 0 Å². The normalized spacial score (nSPS) is 15.6. The number of nitrogens with zero attached hydrogens (tertiary/aromatic N) is 3. The van der Waals surface area contributed by atoms with Crippen molar-refractivity contribution in [3.05, 3.63) is 30.3 Å². The number of carbonyl (C=O) groups is 1. The number of pyridine rings is 1. The first-order chi connectivity index (χ1) is 10.8. The van der Waals surface area contributed by atoms with Gasteiger partial charge < -0.3 is 9.73 Å². The van der Waals surface area contributed by atoms with Crippen molar-refractivity contribution < 1.29 is 9.21 Å². The lowest BCUT2D eigenvalue weighted by atomic mass is 9.87. The molecule has 1 aliphatic rings. The van der Waals surface area contributed by atoms with Gasteiger partial charge in [0.2, 0.25) is 11.8 Å². The second-order valence-electron chi connectivity index (χ2n) is 5.70. The van der Waals surface area contributed by atoms with Crippen LogP contribution >= 0.6 is 0 Å². The monoisotopic (exact) mass is 300 g/mol. The molecule has 0 radical (unpaired) electrons. The first-order valence-electron chi connectivity index (χ1n) is 7.82. The quantitative estimate of drug-likeness (QED) is 0.918. The highest BCUT2D eigenvalue weighted by atomic mass is 16.4. The van der Waals surface area contributed by atoms with Crippen LogP contribution in [0.15, 0.2) is 28.8 Å². The van der Waals surface area contributed by atoms with Crippen molar-refractivity contribution in [1.29, 1.82) is 0 Å². The van der Waals surface area contributed by atoms with Gasteiger partial charge in [0.25, 0.3) is 5.89 Å². The maximum Gasteiger partial charge on any atom is 0.266 e. The fourth-order valence-corrected chi connectivity index (χ4v) is 2.82. The van der Waals surface area contributed by atoms with Gasteiger partial charge in [-0.05, 0) is 30.9 Å². The van der Waals surface area contributed by atoms with E-state index in [1.54, 1.807) is 12.3 Å². The van der Waals surface area contributed by atoms with E-state index in [4.69, 9.17) is 4.42 Å². The van der Waals surface area contributed by atoms with Gasteiger partial charge in [-0.1, -0.05) is 25.3 Å². The summed E-state index contributed by atoms with van der Waals surface area (Å²) >= 11 is 0. The van der Waals surface area contributed by atoms with Gasteiger partial charge >= 0.3 is 0 Å². The highest BCUT2D eigenvalue weighted by Gasteiger charge is 2.17. The average Bonchev–Trinajstić information content (AvgIpc) is 3.04. The largest absolute Gasteiger partial charge is 0.417 e. The van der Waals surface area contributed by atoms with E-state index in [1.807, 2.05) is 12.1 Å². The Balaban J connectivity index is 1.49. The lowest BCUT2D eigenvalue weighted by Gasteiger charge is -2.20. The second-order valence-corrected chi connectivity index (χ2v) is 5.70. The Hall–Kier alpha value is -2.24. The van der Waals surface area contributed by atoms with Gasteiger partial charge in [-0.2, -0.15) is 0 Å². The molecular weight excluding hydrogens is 280 g/mol. The molecule has 0 aliphatic heterocycles. The van der Waals surface area contributed by atoms with E-state index >= 15 is 0 Å². The summed E-state index contributed by atoms with van der Waals surface area (Å²) in [6, 6.07) is 5.49. The van der Waals surface area contributed by atoms with E-state index in [0.29, 0.717) is 29.8 Å². The summed E-state index contributed by atoms with van der Waals surface area (Å²) in [6.45, 7) is 0.269. The summed E-state index contributed by atoms with van der Waals surface area (Å²) in [5.41, 5.74) is 0.634. The molecule has 6 heteroatoms. The van der Waals surface area contributed by atoms with Gasteiger partial charge in [-0.15, -0.1) is 10.2 Å². The molecule has 1 amide bonds. The van der Waals surface area contributed by atoms with Crippen LogP contribution in [0.2, 0.25) is 0 Å². The van der Waals surface area contributed by atoms with E-state index in [0.717, 1.165) is 12.8 Å². The first kappa shape index (κ1) is 14.7. The Morgan fingerprint density at radius 2 is 2.09 bits per heavy atom.